The fraction of sp³-hybridized carbons (Fsp3) is 0.529. The number of likely N-dealkylation sites (tertiary alicyclic amines) is 1. The van der Waals surface area contributed by atoms with Crippen molar-refractivity contribution in [1.29, 1.82) is 5.26 Å². The van der Waals surface area contributed by atoms with Crippen LogP contribution in [0.5, 0.6) is 0 Å². The first kappa shape index (κ1) is 15.1. The Kier molecular flexibility index (Phi) is 4.13. The van der Waals surface area contributed by atoms with Crippen molar-refractivity contribution >= 4 is 5.82 Å². The summed E-state index contributed by atoms with van der Waals surface area (Å²) in [6, 6.07) is 6.07. The van der Waals surface area contributed by atoms with Crippen molar-refractivity contribution in [2.24, 2.45) is 0 Å². The normalized spacial score (nSPS) is 21.4. The van der Waals surface area contributed by atoms with Crippen LogP contribution in [0.15, 0.2) is 22.9 Å². The molecule has 124 valence electrons. The van der Waals surface area contributed by atoms with Gasteiger partial charge in [0.1, 0.15) is 11.9 Å². The molecule has 2 aliphatic rings. The number of rotatable bonds is 5. The molecule has 7 heteroatoms. The van der Waals surface area contributed by atoms with E-state index in [4.69, 9.17) is 9.78 Å². The highest BCUT2D eigenvalue weighted by Crippen LogP contribution is 2.38. The number of piperidine rings is 1. The molecule has 1 atom stereocenters. The lowest BCUT2D eigenvalue weighted by Crippen LogP contribution is -2.41. The van der Waals surface area contributed by atoms with E-state index < -0.39 is 0 Å². The second-order valence-corrected chi connectivity index (χ2v) is 6.59. The molecule has 0 aromatic carbocycles. The maximum atomic E-state index is 8.83. The van der Waals surface area contributed by atoms with Crippen LogP contribution in [0.2, 0.25) is 0 Å². The molecule has 0 radical (unpaired) electrons. The Morgan fingerprint density at radius 1 is 1.33 bits per heavy atom. The summed E-state index contributed by atoms with van der Waals surface area (Å²) in [6.07, 6.45) is 6.19. The van der Waals surface area contributed by atoms with E-state index in [9.17, 15) is 0 Å². The molecule has 4 rings (SSSR count). The third-order valence-electron chi connectivity index (χ3n) is 4.53. The van der Waals surface area contributed by atoms with Gasteiger partial charge in [0.05, 0.1) is 12.1 Å². The summed E-state index contributed by atoms with van der Waals surface area (Å²) in [5.41, 5.74) is 0.578. The van der Waals surface area contributed by atoms with Crippen LogP contribution in [0, 0.1) is 11.3 Å². The van der Waals surface area contributed by atoms with Gasteiger partial charge in [0.25, 0.3) is 0 Å². The maximum Gasteiger partial charge on any atom is 0.229 e. The molecule has 0 bridgehead atoms. The zero-order valence-corrected chi connectivity index (χ0v) is 13.5. The highest BCUT2D eigenvalue weighted by Gasteiger charge is 2.30. The molecule has 1 saturated carbocycles. The molecule has 24 heavy (non-hydrogen) atoms. The SMILES string of the molecule is N#Cc1ccc(N[C@H]2CCCN(Cc3noc(C4CC4)n3)C2)nc1. The highest BCUT2D eigenvalue weighted by molar-refractivity contribution is 5.39. The van der Waals surface area contributed by atoms with Gasteiger partial charge in [-0.3, -0.25) is 4.90 Å². The Morgan fingerprint density at radius 3 is 3.00 bits per heavy atom. The van der Waals surface area contributed by atoms with Crippen LogP contribution in [-0.2, 0) is 6.54 Å². The average molecular weight is 324 g/mol. The zero-order chi connectivity index (χ0) is 16.4. The number of hydrogen-bond donors (Lipinski definition) is 1. The minimum atomic E-state index is 0.342. The molecule has 3 heterocycles. The van der Waals surface area contributed by atoms with Crippen LogP contribution in [0.4, 0.5) is 5.82 Å². The van der Waals surface area contributed by atoms with Gasteiger partial charge in [0.2, 0.25) is 5.89 Å². The molecule has 1 saturated heterocycles. The minimum Gasteiger partial charge on any atom is -0.366 e. The monoisotopic (exact) mass is 324 g/mol. The summed E-state index contributed by atoms with van der Waals surface area (Å²) in [5, 5.41) is 16.4. The fourth-order valence-electron chi connectivity index (χ4n) is 3.10. The molecule has 2 fully saturated rings. The van der Waals surface area contributed by atoms with Crippen molar-refractivity contribution in [3.05, 3.63) is 35.6 Å². The van der Waals surface area contributed by atoms with E-state index in [0.29, 0.717) is 17.5 Å². The molecule has 1 aliphatic carbocycles. The number of nitrogens with zero attached hydrogens (tertiary/aromatic N) is 5. The largest absolute Gasteiger partial charge is 0.366 e. The Balaban J connectivity index is 1.33. The smallest absolute Gasteiger partial charge is 0.229 e. The Hall–Kier alpha value is -2.46. The van der Waals surface area contributed by atoms with Gasteiger partial charge in [-0.2, -0.15) is 10.2 Å². The molecule has 1 N–H and O–H groups in total. The van der Waals surface area contributed by atoms with Crippen LogP contribution < -0.4 is 5.32 Å². The Labute approximate surface area is 140 Å². The molecular formula is C17H20N6O. The summed E-state index contributed by atoms with van der Waals surface area (Å²) in [4.78, 5) is 11.2. The van der Waals surface area contributed by atoms with Crippen LogP contribution in [0.3, 0.4) is 0 Å². The van der Waals surface area contributed by atoms with Crippen molar-refractivity contribution in [2.45, 2.75) is 44.2 Å². The van der Waals surface area contributed by atoms with Crippen molar-refractivity contribution in [1.82, 2.24) is 20.0 Å². The first-order chi connectivity index (χ1) is 11.8. The third-order valence-corrected chi connectivity index (χ3v) is 4.53. The summed E-state index contributed by atoms with van der Waals surface area (Å²) in [5.74, 6) is 2.91. The first-order valence-corrected chi connectivity index (χ1v) is 8.47. The highest BCUT2D eigenvalue weighted by atomic mass is 16.5. The van der Waals surface area contributed by atoms with Crippen LogP contribution in [0.25, 0.3) is 0 Å². The van der Waals surface area contributed by atoms with Crippen LogP contribution in [-0.4, -0.2) is 39.2 Å². The average Bonchev–Trinajstić information content (AvgIpc) is 3.36. The molecule has 2 aromatic rings. The van der Waals surface area contributed by atoms with Gasteiger partial charge in [-0.25, -0.2) is 4.98 Å². The summed E-state index contributed by atoms with van der Waals surface area (Å²) in [7, 11) is 0. The van der Waals surface area contributed by atoms with Gasteiger partial charge in [0.15, 0.2) is 5.82 Å². The van der Waals surface area contributed by atoms with Gasteiger partial charge < -0.3 is 9.84 Å². The number of pyridine rings is 1. The lowest BCUT2D eigenvalue weighted by molar-refractivity contribution is 0.201. The molecule has 0 spiro atoms. The van der Waals surface area contributed by atoms with Gasteiger partial charge in [-0.15, -0.1) is 0 Å². The predicted molar refractivity (Wildman–Crippen MR) is 87.1 cm³/mol. The molecular weight excluding hydrogens is 304 g/mol. The number of anilines is 1. The number of aromatic nitrogens is 3. The predicted octanol–water partition coefficient (Wildman–Crippen LogP) is 2.29. The van der Waals surface area contributed by atoms with Gasteiger partial charge in [-0.1, -0.05) is 5.16 Å². The van der Waals surface area contributed by atoms with E-state index in [0.717, 1.165) is 50.0 Å². The van der Waals surface area contributed by atoms with Crippen molar-refractivity contribution in [3.63, 3.8) is 0 Å². The van der Waals surface area contributed by atoms with Gasteiger partial charge in [0, 0.05) is 24.7 Å². The third kappa shape index (κ3) is 3.54. The minimum absolute atomic E-state index is 0.342. The van der Waals surface area contributed by atoms with Crippen molar-refractivity contribution in [3.8, 4) is 6.07 Å². The maximum absolute atomic E-state index is 8.83. The molecule has 2 aromatic heterocycles. The lowest BCUT2D eigenvalue weighted by atomic mass is 10.1. The van der Waals surface area contributed by atoms with E-state index in [2.05, 4.69) is 31.4 Å². The summed E-state index contributed by atoms with van der Waals surface area (Å²) >= 11 is 0. The van der Waals surface area contributed by atoms with E-state index >= 15 is 0 Å². The molecule has 1 aliphatic heterocycles. The first-order valence-electron chi connectivity index (χ1n) is 8.47. The lowest BCUT2D eigenvalue weighted by Gasteiger charge is -2.32. The Bertz CT molecular complexity index is 730. The van der Waals surface area contributed by atoms with Gasteiger partial charge >= 0.3 is 0 Å². The standard InChI is InChI=1S/C17H20N6O/c18-8-12-3-6-15(19-9-12)20-14-2-1-7-23(10-14)11-16-21-17(24-22-16)13-4-5-13/h3,6,9,13-14H,1-2,4-5,7,10-11H2,(H,19,20)/t14-/m0/s1. The molecule has 0 unspecified atom stereocenters. The van der Waals surface area contributed by atoms with E-state index in [1.165, 1.54) is 12.8 Å². The van der Waals surface area contributed by atoms with E-state index in [-0.39, 0.29) is 0 Å². The van der Waals surface area contributed by atoms with Crippen molar-refractivity contribution < 1.29 is 4.52 Å². The summed E-state index contributed by atoms with van der Waals surface area (Å²) in [6.45, 7) is 2.70. The Morgan fingerprint density at radius 2 is 2.25 bits per heavy atom. The molecule has 7 nitrogen and oxygen atoms in total. The topological polar surface area (TPSA) is 90.9 Å². The zero-order valence-electron chi connectivity index (χ0n) is 13.5. The van der Waals surface area contributed by atoms with Crippen LogP contribution >= 0.6 is 0 Å². The number of hydrogen-bond acceptors (Lipinski definition) is 7. The van der Waals surface area contributed by atoms with Crippen LogP contribution in [0.1, 0.15) is 48.9 Å². The molecule has 0 amide bonds. The fourth-order valence-corrected chi connectivity index (χ4v) is 3.10. The number of nitriles is 1. The van der Waals surface area contributed by atoms with Gasteiger partial charge in [-0.05, 0) is 44.4 Å². The second kappa shape index (κ2) is 6.57. The van der Waals surface area contributed by atoms with Crippen molar-refractivity contribution in [2.75, 3.05) is 18.4 Å². The van der Waals surface area contributed by atoms with E-state index in [1.54, 1.807) is 12.3 Å². The quantitative estimate of drug-likeness (QED) is 0.902. The number of nitrogens with one attached hydrogen (secondary N) is 1. The summed E-state index contributed by atoms with van der Waals surface area (Å²) < 4.78 is 5.33. The van der Waals surface area contributed by atoms with E-state index in [1.807, 2.05) is 6.07 Å². The second-order valence-electron chi connectivity index (χ2n) is 6.59.